The van der Waals surface area contributed by atoms with E-state index in [9.17, 15) is 20.4 Å². The van der Waals surface area contributed by atoms with Crippen LogP contribution >= 0.6 is 0 Å². The van der Waals surface area contributed by atoms with Crippen LogP contribution in [0, 0.1) is 28.6 Å². The van der Waals surface area contributed by atoms with Crippen molar-refractivity contribution in [3.05, 3.63) is 12.3 Å². The van der Waals surface area contributed by atoms with Crippen molar-refractivity contribution in [1.82, 2.24) is 4.90 Å². The predicted molar refractivity (Wildman–Crippen MR) is 81.3 cm³/mol. The zero-order chi connectivity index (χ0) is 16.2. The van der Waals surface area contributed by atoms with Crippen LogP contribution in [0.15, 0.2) is 17.4 Å². The van der Waals surface area contributed by atoms with Crippen LogP contribution in [0.25, 0.3) is 0 Å². The highest BCUT2D eigenvalue weighted by atomic mass is 16.4. The first-order valence-electron chi connectivity index (χ1n) is 8.32. The summed E-state index contributed by atoms with van der Waals surface area (Å²) in [5.41, 5.74) is -1.13. The van der Waals surface area contributed by atoms with E-state index in [1.807, 2.05) is 0 Å². The summed E-state index contributed by atoms with van der Waals surface area (Å²) in [4.78, 5) is 14.3. The summed E-state index contributed by atoms with van der Waals surface area (Å²) in [6.45, 7) is 0. The predicted octanol–water partition coefficient (Wildman–Crippen LogP) is 1.79. The first kappa shape index (κ1) is 14.7. The maximum Gasteiger partial charge on any atom is 0.277 e. The number of aliphatic hydroxyl groups is 1. The molecule has 6 heteroatoms. The molecule has 1 amide bonds. The Balaban J connectivity index is 1.67. The lowest BCUT2D eigenvalue weighted by atomic mass is 9.46. The minimum atomic E-state index is -0.726. The number of hydrogen-bond acceptors (Lipinski definition) is 5. The molecule has 3 unspecified atom stereocenters. The molecule has 4 fully saturated rings. The Kier molecular flexibility index (Phi) is 3.08. The fourth-order valence-corrected chi connectivity index (χ4v) is 5.83. The molecule has 4 saturated carbocycles. The average molecular weight is 315 g/mol. The fourth-order valence-electron chi connectivity index (χ4n) is 5.83. The highest BCUT2D eigenvalue weighted by Crippen LogP contribution is 2.62. The number of nitrogens with zero attached hydrogens (tertiary/aromatic N) is 3. The average Bonchev–Trinajstić information content (AvgIpc) is 2.93. The smallest absolute Gasteiger partial charge is 0.277 e. The normalized spacial score (nSPS) is 44.6. The summed E-state index contributed by atoms with van der Waals surface area (Å²) in [5, 5.41) is 33.0. The molecule has 0 aromatic rings. The molecule has 0 saturated heterocycles. The van der Waals surface area contributed by atoms with Crippen molar-refractivity contribution in [2.24, 2.45) is 22.4 Å². The van der Waals surface area contributed by atoms with Gasteiger partial charge in [-0.2, -0.15) is 5.26 Å². The zero-order valence-corrected chi connectivity index (χ0v) is 13.0. The topological polar surface area (TPSA) is 96.9 Å². The van der Waals surface area contributed by atoms with Crippen molar-refractivity contribution in [1.29, 1.82) is 5.26 Å². The van der Waals surface area contributed by atoms with E-state index in [0.29, 0.717) is 24.7 Å². The molecular weight excluding hydrogens is 294 g/mol. The largest absolute Gasteiger partial charge is 0.410 e. The minimum absolute atomic E-state index is 0.136. The third kappa shape index (κ3) is 2.10. The number of carbonyl (C=O) groups excluding carboxylic acids is 1. The first-order valence-corrected chi connectivity index (χ1v) is 8.32. The fraction of sp³-hybridized carbons (Fsp3) is 0.706. The SMILES string of the molecule is N#CC1CC=CN1C(=O)/C(=N/O)C12CC3CC(CC(O)(C3)C1)C2. The van der Waals surface area contributed by atoms with Gasteiger partial charge in [-0.3, -0.25) is 9.69 Å². The molecule has 4 bridgehead atoms. The van der Waals surface area contributed by atoms with E-state index < -0.39 is 23.0 Å². The number of rotatable bonds is 2. The molecule has 0 radical (unpaired) electrons. The van der Waals surface area contributed by atoms with Crippen LogP contribution in [0.2, 0.25) is 0 Å². The van der Waals surface area contributed by atoms with Crippen LogP contribution < -0.4 is 0 Å². The van der Waals surface area contributed by atoms with Crippen LogP contribution in [0.4, 0.5) is 0 Å². The summed E-state index contributed by atoms with van der Waals surface area (Å²) in [6.07, 6.45) is 8.67. The van der Waals surface area contributed by atoms with Gasteiger partial charge in [-0.05, 0) is 50.4 Å². The summed E-state index contributed by atoms with van der Waals surface area (Å²) < 4.78 is 0. The Morgan fingerprint density at radius 1 is 1.30 bits per heavy atom. The lowest BCUT2D eigenvalue weighted by Crippen LogP contribution is -2.60. The quantitative estimate of drug-likeness (QED) is 0.461. The van der Waals surface area contributed by atoms with Crippen molar-refractivity contribution < 1.29 is 15.1 Å². The van der Waals surface area contributed by atoms with E-state index in [0.717, 1.165) is 32.1 Å². The Labute approximate surface area is 135 Å². The third-order valence-corrected chi connectivity index (χ3v) is 6.18. The minimum Gasteiger partial charge on any atom is -0.410 e. The van der Waals surface area contributed by atoms with Crippen LogP contribution in [-0.4, -0.2) is 38.5 Å². The van der Waals surface area contributed by atoms with Gasteiger partial charge in [-0.15, -0.1) is 0 Å². The van der Waals surface area contributed by atoms with E-state index in [1.54, 1.807) is 12.3 Å². The highest BCUT2D eigenvalue weighted by Gasteiger charge is 2.60. The van der Waals surface area contributed by atoms with E-state index >= 15 is 0 Å². The third-order valence-electron chi connectivity index (χ3n) is 6.18. The molecule has 0 aromatic carbocycles. The second-order valence-corrected chi connectivity index (χ2v) is 7.89. The van der Waals surface area contributed by atoms with Gasteiger partial charge in [0.05, 0.1) is 11.7 Å². The molecule has 6 nitrogen and oxygen atoms in total. The number of amides is 1. The zero-order valence-electron chi connectivity index (χ0n) is 13.0. The van der Waals surface area contributed by atoms with E-state index in [2.05, 4.69) is 11.2 Å². The Morgan fingerprint density at radius 3 is 2.57 bits per heavy atom. The molecule has 0 spiro atoms. The van der Waals surface area contributed by atoms with Crippen molar-refractivity contribution in [2.75, 3.05) is 0 Å². The van der Waals surface area contributed by atoms with Crippen LogP contribution in [0.5, 0.6) is 0 Å². The van der Waals surface area contributed by atoms with Gasteiger partial charge >= 0.3 is 0 Å². The molecule has 4 aliphatic carbocycles. The molecule has 1 aliphatic heterocycles. The summed E-state index contributed by atoms with van der Waals surface area (Å²) in [6, 6.07) is 1.58. The lowest BCUT2D eigenvalue weighted by molar-refractivity contribution is -0.145. The molecule has 0 aromatic heterocycles. The van der Waals surface area contributed by atoms with Crippen molar-refractivity contribution in [3.63, 3.8) is 0 Å². The summed E-state index contributed by atoms with van der Waals surface area (Å²) in [5.74, 6) is 0.400. The standard InChI is InChI=1S/C17H21N3O3/c18-9-13-2-1-3-20(13)15(21)14(19-23)16-5-11-4-12(6-16)8-17(22,7-11)10-16/h1,3,11-13,22-23H,2,4-8,10H2/b19-14-. The molecule has 5 rings (SSSR count). The number of hydrogen-bond donors (Lipinski definition) is 2. The number of carbonyl (C=O) groups is 1. The molecule has 5 aliphatic rings. The van der Waals surface area contributed by atoms with Gasteiger partial charge < -0.3 is 10.3 Å². The van der Waals surface area contributed by atoms with E-state index in [-0.39, 0.29) is 5.71 Å². The monoisotopic (exact) mass is 315 g/mol. The van der Waals surface area contributed by atoms with Crippen LogP contribution in [0.1, 0.15) is 44.9 Å². The highest BCUT2D eigenvalue weighted by molar-refractivity contribution is 6.41. The van der Waals surface area contributed by atoms with Gasteiger partial charge in [-0.25, -0.2) is 0 Å². The maximum absolute atomic E-state index is 12.9. The van der Waals surface area contributed by atoms with Gasteiger partial charge in [0.1, 0.15) is 6.04 Å². The number of oxime groups is 1. The first-order chi connectivity index (χ1) is 11.0. The van der Waals surface area contributed by atoms with Gasteiger partial charge in [0.15, 0.2) is 5.71 Å². The molecule has 23 heavy (non-hydrogen) atoms. The van der Waals surface area contributed by atoms with Gasteiger partial charge in [-0.1, -0.05) is 11.2 Å². The van der Waals surface area contributed by atoms with Gasteiger partial charge in [0.25, 0.3) is 5.91 Å². The van der Waals surface area contributed by atoms with Gasteiger partial charge in [0, 0.05) is 18.0 Å². The molecule has 3 atom stereocenters. The Bertz CT molecular complexity index is 634. The number of nitriles is 1. The maximum atomic E-state index is 12.9. The lowest BCUT2D eigenvalue weighted by Gasteiger charge is -2.59. The molecular formula is C17H21N3O3. The van der Waals surface area contributed by atoms with Crippen molar-refractivity contribution >= 4 is 11.6 Å². The Hall–Kier alpha value is -1.87. The molecule has 1 heterocycles. The molecule has 2 N–H and O–H groups in total. The summed E-state index contributed by atoms with van der Waals surface area (Å²) in [7, 11) is 0. The molecule has 122 valence electrons. The van der Waals surface area contributed by atoms with Crippen molar-refractivity contribution in [2.45, 2.75) is 56.6 Å². The van der Waals surface area contributed by atoms with Crippen molar-refractivity contribution in [3.8, 4) is 6.07 Å². The van der Waals surface area contributed by atoms with Gasteiger partial charge in [0.2, 0.25) is 0 Å². The summed E-state index contributed by atoms with van der Waals surface area (Å²) >= 11 is 0. The van der Waals surface area contributed by atoms with Crippen LogP contribution in [0.3, 0.4) is 0 Å². The second-order valence-electron chi connectivity index (χ2n) is 7.89. The van der Waals surface area contributed by atoms with E-state index in [4.69, 9.17) is 0 Å². The van der Waals surface area contributed by atoms with E-state index in [1.165, 1.54) is 4.90 Å². The second kappa shape index (κ2) is 4.81. The van der Waals surface area contributed by atoms with Crippen LogP contribution in [-0.2, 0) is 4.79 Å². The Morgan fingerprint density at radius 2 is 2.00 bits per heavy atom.